The van der Waals surface area contributed by atoms with Gasteiger partial charge in [0.15, 0.2) is 0 Å². The molecular weight excluding hydrogens is 228 g/mol. The van der Waals surface area contributed by atoms with Gasteiger partial charge in [-0.05, 0) is 32.5 Å². The van der Waals surface area contributed by atoms with Gasteiger partial charge in [0.2, 0.25) is 5.91 Å². The summed E-state index contributed by atoms with van der Waals surface area (Å²) < 4.78 is 0. The molecule has 104 valence electrons. The molecule has 0 aromatic heterocycles. The van der Waals surface area contributed by atoms with Crippen molar-refractivity contribution in [2.45, 2.75) is 31.8 Å². The Balaban J connectivity index is 1.95. The third-order valence-electron chi connectivity index (χ3n) is 4.31. The average Bonchev–Trinajstić information content (AvgIpc) is 2.46. The largest absolute Gasteiger partial charge is 0.358 e. The highest BCUT2D eigenvalue weighted by molar-refractivity contribution is 5.81. The Bertz CT molecular complexity index is 276. The summed E-state index contributed by atoms with van der Waals surface area (Å²) >= 11 is 0. The highest BCUT2D eigenvalue weighted by Crippen LogP contribution is 2.19. The van der Waals surface area contributed by atoms with E-state index in [9.17, 15) is 4.79 Å². The van der Waals surface area contributed by atoms with E-state index in [4.69, 9.17) is 0 Å². The lowest BCUT2D eigenvalue weighted by molar-refractivity contribution is -0.128. The Morgan fingerprint density at radius 3 is 2.67 bits per heavy atom. The van der Waals surface area contributed by atoms with Crippen LogP contribution in [-0.4, -0.2) is 74.1 Å². The van der Waals surface area contributed by atoms with Crippen LogP contribution >= 0.6 is 0 Å². The molecular formula is C13H26N4O. The lowest BCUT2D eigenvalue weighted by atomic mass is 9.99. The quantitative estimate of drug-likeness (QED) is 0.712. The lowest BCUT2D eigenvalue weighted by Gasteiger charge is -2.43. The first-order valence-corrected chi connectivity index (χ1v) is 7.16. The maximum Gasteiger partial charge on any atom is 0.238 e. The highest BCUT2D eigenvalue weighted by atomic mass is 16.2. The minimum atomic E-state index is 0.0157. The number of hydrogen-bond acceptors (Lipinski definition) is 4. The fourth-order valence-corrected chi connectivity index (χ4v) is 3.13. The zero-order chi connectivity index (χ0) is 13.0. The first-order chi connectivity index (χ1) is 8.76. The van der Waals surface area contributed by atoms with Crippen LogP contribution in [0.5, 0.6) is 0 Å². The molecule has 2 saturated heterocycles. The minimum absolute atomic E-state index is 0.0157. The number of nitrogens with zero attached hydrogens (tertiary/aromatic N) is 2. The van der Waals surface area contributed by atoms with Gasteiger partial charge in [0, 0.05) is 32.7 Å². The smallest absolute Gasteiger partial charge is 0.238 e. The molecule has 1 unspecified atom stereocenters. The topological polar surface area (TPSA) is 47.6 Å². The van der Waals surface area contributed by atoms with Crippen LogP contribution in [-0.2, 0) is 4.79 Å². The molecule has 1 amide bonds. The van der Waals surface area contributed by atoms with E-state index in [1.807, 2.05) is 0 Å². The number of hydrogen-bond donors (Lipinski definition) is 2. The summed E-state index contributed by atoms with van der Waals surface area (Å²) in [5.74, 6) is 0.153. The van der Waals surface area contributed by atoms with E-state index in [1.54, 1.807) is 7.05 Å². The van der Waals surface area contributed by atoms with E-state index in [0.717, 1.165) is 26.2 Å². The van der Waals surface area contributed by atoms with Crippen molar-refractivity contribution in [1.29, 1.82) is 0 Å². The van der Waals surface area contributed by atoms with Crippen molar-refractivity contribution in [2.24, 2.45) is 0 Å². The molecule has 5 nitrogen and oxygen atoms in total. The van der Waals surface area contributed by atoms with Crippen LogP contribution in [0.15, 0.2) is 0 Å². The van der Waals surface area contributed by atoms with E-state index in [1.165, 1.54) is 25.9 Å². The summed E-state index contributed by atoms with van der Waals surface area (Å²) in [7, 11) is 1.73. The highest BCUT2D eigenvalue weighted by Gasteiger charge is 2.34. The maximum atomic E-state index is 11.9. The van der Waals surface area contributed by atoms with Gasteiger partial charge in [0.25, 0.3) is 0 Å². The van der Waals surface area contributed by atoms with Gasteiger partial charge < -0.3 is 15.5 Å². The second kappa shape index (κ2) is 6.50. The number of piperazine rings is 1. The third kappa shape index (κ3) is 3.02. The van der Waals surface area contributed by atoms with E-state index in [2.05, 4.69) is 27.4 Å². The molecule has 2 aliphatic rings. The molecule has 2 fully saturated rings. The number of carbonyl (C=O) groups is 1. The van der Waals surface area contributed by atoms with Crippen LogP contribution in [0.4, 0.5) is 0 Å². The molecule has 2 N–H and O–H groups in total. The van der Waals surface area contributed by atoms with E-state index >= 15 is 0 Å². The first kappa shape index (κ1) is 13.8. The van der Waals surface area contributed by atoms with Gasteiger partial charge in [-0.15, -0.1) is 0 Å². The number of rotatable bonds is 3. The number of likely N-dealkylation sites (N-methyl/N-ethyl adjacent to an activating group) is 1. The summed E-state index contributed by atoms with van der Waals surface area (Å²) in [6, 6.07) is 0.596. The molecule has 2 heterocycles. The molecule has 1 atom stereocenters. The normalized spacial score (nSPS) is 28.2. The number of likely N-dealkylation sites (tertiary alicyclic amines) is 1. The van der Waals surface area contributed by atoms with Gasteiger partial charge in [0.05, 0.1) is 0 Å². The molecule has 0 aromatic rings. The average molecular weight is 254 g/mol. The molecule has 0 bridgehead atoms. The predicted octanol–water partition coefficient (Wildman–Crippen LogP) is -0.509. The molecule has 2 rings (SSSR count). The van der Waals surface area contributed by atoms with Gasteiger partial charge in [-0.25, -0.2) is 0 Å². The molecule has 0 aliphatic carbocycles. The van der Waals surface area contributed by atoms with Crippen molar-refractivity contribution < 1.29 is 4.79 Å². The number of carbonyl (C=O) groups excluding carboxylic acids is 1. The summed E-state index contributed by atoms with van der Waals surface area (Å²) in [5.41, 5.74) is 0. The van der Waals surface area contributed by atoms with Gasteiger partial charge in [-0.2, -0.15) is 0 Å². The summed E-state index contributed by atoms with van der Waals surface area (Å²) in [6.45, 7) is 8.49. The molecule has 0 aromatic carbocycles. The van der Waals surface area contributed by atoms with Crippen LogP contribution < -0.4 is 10.6 Å². The van der Waals surface area contributed by atoms with Crippen LogP contribution in [0.25, 0.3) is 0 Å². The lowest BCUT2D eigenvalue weighted by Crippen LogP contribution is -2.61. The fourth-order valence-electron chi connectivity index (χ4n) is 3.13. The predicted molar refractivity (Wildman–Crippen MR) is 72.6 cm³/mol. The summed E-state index contributed by atoms with van der Waals surface area (Å²) in [5, 5.41) is 6.12. The minimum Gasteiger partial charge on any atom is -0.358 e. The van der Waals surface area contributed by atoms with Gasteiger partial charge in [-0.1, -0.05) is 6.92 Å². The maximum absolute atomic E-state index is 11.9. The Labute approximate surface area is 110 Å². The van der Waals surface area contributed by atoms with Crippen LogP contribution in [0, 0.1) is 0 Å². The van der Waals surface area contributed by atoms with E-state index in [-0.39, 0.29) is 11.9 Å². The van der Waals surface area contributed by atoms with Crippen molar-refractivity contribution in [3.05, 3.63) is 0 Å². The molecule has 5 heteroatoms. The van der Waals surface area contributed by atoms with Crippen molar-refractivity contribution in [3.8, 4) is 0 Å². The fraction of sp³-hybridized carbons (Fsp3) is 0.923. The van der Waals surface area contributed by atoms with Crippen LogP contribution in [0.3, 0.4) is 0 Å². The molecule has 0 spiro atoms. The van der Waals surface area contributed by atoms with Gasteiger partial charge >= 0.3 is 0 Å². The summed E-state index contributed by atoms with van der Waals surface area (Å²) in [6.07, 6.45) is 2.39. The number of amides is 1. The standard InChI is InChI=1S/C13H26N4O/c1-3-16-7-4-11(5-8-16)17-9-6-15-10-12(17)13(18)14-2/h11-12,15H,3-10H2,1-2H3,(H,14,18). The monoisotopic (exact) mass is 254 g/mol. The summed E-state index contributed by atoms with van der Waals surface area (Å²) in [4.78, 5) is 16.8. The van der Waals surface area contributed by atoms with Crippen molar-refractivity contribution >= 4 is 5.91 Å². The Morgan fingerprint density at radius 2 is 2.06 bits per heavy atom. The SMILES string of the molecule is CCN1CCC(N2CCNCC2C(=O)NC)CC1. The van der Waals surface area contributed by atoms with Crippen molar-refractivity contribution in [3.63, 3.8) is 0 Å². The Kier molecular flexibility index (Phi) is 4.97. The van der Waals surface area contributed by atoms with E-state index < -0.39 is 0 Å². The first-order valence-electron chi connectivity index (χ1n) is 7.16. The second-order valence-electron chi connectivity index (χ2n) is 5.24. The third-order valence-corrected chi connectivity index (χ3v) is 4.31. The Hall–Kier alpha value is -0.650. The second-order valence-corrected chi connectivity index (χ2v) is 5.24. The zero-order valence-corrected chi connectivity index (χ0v) is 11.6. The van der Waals surface area contributed by atoms with E-state index in [0.29, 0.717) is 6.04 Å². The van der Waals surface area contributed by atoms with Crippen molar-refractivity contribution in [1.82, 2.24) is 20.4 Å². The number of piperidine rings is 1. The van der Waals surface area contributed by atoms with Gasteiger partial charge in [0.1, 0.15) is 6.04 Å². The molecule has 18 heavy (non-hydrogen) atoms. The zero-order valence-electron chi connectivity index (χ0n) is 11.6. The molecule has 2 aliphatic heterocycles. The molecule has 0 radical (unpaired) electrons. The Morgan fingerprint density at radius 1 is 1.33 bits per heavy atom. The van der Waals surface area contributed by atoms with Gasteiger partial charge in [-0.3, -0.25) is 9.69 Å². The molecule has 0 saturated carbocycles. The van der Waals surface area contributed by atoms with Crippen molar-refractivity contribution in [2.75, 3.05) is 46.3 Å². The number of nitrogens with one attached hydrogen (secondary N) is 2. The van der Waals surface area contributed by atoms with Crippen LogP contribution in [0.1, 0.15) is 19.8 Å². The van der Waals surface area contributed by atoms with Crippen LogP contribution in [0.2, 0.25) is 0 Å².